The standard InChI is InChI=1S/C17H22N4O4/c1-23-8-4-7-18-17-19-10-12(11-20-17)16(22)21-14-6-5-13(24-2)9-15(14)25-3/h5-6,9-11H,4,7-8H2,1-3H3,(H,21,22)(H,18,19,20). The van der Waals surface area contributed by atoms with Gasteiger partial charge in [-0.25, -0.2) is 9.97 Å². The molecule has 0 unspecified atom stereocenters. The lowest BCUT2D eigenvalue weighted by atomic mass is 10.2. The zero-order valence-electron chi connectivity index (χ0n) is 14.5. The maximum absolute atomic E-state index is 12.3. The van der Waals surface area contributed by atoms with E-state index in [1.165, 1.54) is 19.5 Å². The predicted octanol–water partition coefficient (Wildman–Crippen LogP) is 2.19. The molecule has 0 aliphatic heterocycles. The molecule has 1 aromatic carbocycles. The van der Waals surface area contributed by atoms with Gasteiger partial charge in [0, 0.05) is 38.7 Å². The summed E-state index contributed by atoms with van der Waals surface area (Å²) in [7, 11) is 4.74. The van der Waals surface area contributed by atoms with Gasteiger partial charge in [-0.1, -0.05) is 0 Å². The third-order valence-electron chi connectivity index (χ3n) is 3.38. The van der Waals surface area contributed by atoms with Crippen molar-refractivity contribution in [2.24, 2.45) is 0 Å². The van der Waals surface area contributed by atoms with E-state index in [1.807, 2.05) is 0 Å². The SMILES string of the molecule is COCCCNc1ncc(C(=O)Nc2ccc(OC)cc2OC)cn1. The van der Waals surface area contributed by atoms with E-state index < -0.39 is 0 Å². The summed E-state index contributed by atoms with van der Waals surface area (Å²) < 4.78 is 15.4. The van der Waals surface area contributed by atoms with Gasteiger partial charge in [-0.3, -0.25) is 4.79 Å². The molecule has 2 N–H and O–H groups in total. The molecule has 1 heterocycles. The number of rotatable bonds is 9. The van der Waals surface area contributed by atoms with Crippen LogP contribution >= 0.6 is 0 Å². The van der Waals surface area contributed by atoms with E-state index in [-0.39, 0.29) is 5.91 Å². The molecule has 8 nitrogen and oxygen atoms in total. The van der Waals surface area contributed by atoms with Gasteiger partial charge in [-0.05, 0) is 18.6 Å². The van der Waals surface area contributed by atoms with Crippen LogP contribution in [-0.4, -0.2) is 50.4 Å². The van der Waals surface area contributed by atoms with Crippen LogP contribution in [0.15, 0.2) is 30.6 Å². The van der Waals surface area contributed by atoms with Crippen molar-refractivity contribution in [2.75, 3.05) is 45.1 Å². The van der Waals surface area contributed by atoms with Crippen LogP contribution in [0.4, 0.5) is 11.6 Å². The van der Waals surface area contributed by atoms with Gasteiger partial charge in [-0.2, -0.15) is 0 Å². The van der Waals surface area contributed by atoms with E-state index in [4.69, 9.17) is 14.2 Å². The van der Waals surface area contributed by atoms with E-state index in [9.17, 15) is 4.79 Å². The van der Waals surface area contributed by atoms with Gasteiger partial charge in [0.15, 0.2) is 0 Å². The van der Waals surface area contributed by atoms with Gasteiger partial charge in [0.2, 0.25) is 5.95 Å². The number of hydrogen-bond acceptors (Lipinski definition) is 7. The summed E-state index contributed by atoms with van der Waals surface area (Å²) in [6, 6.07) is 5.14. The molecule has 0 atom stereocenters. The maximum Gasteiger partial charge on any atom is 0.258 e. The van der Waals surface area contributed by atoms with Crippen molar-refractivity contribution in [3.05, 3.63) is 36.2 Å². The molecule has 2 aromatic rings. The number of anilines is 2. The van der Waals surface area contributed by atoms with Crippen LogP contribution < -0.4 is 20.1 Å². The Morgan fingerprint density at radius 1 is 1.12 bits per heavy atom. The highest BCUT2D eigenvalue weighted by atomic mass is 16.5. The molecular weight excluding hydrogens is 324 g/mol. The maximum atomic E-state index is 12.3. The number of nitrogens with zero attached hydrogens (tertiary/aromatic N) is 2. The smallest absolute Gasteiger partial charge is 0.258 e. The highest BCUT2D eigenvalue weighted by Crippen LogP contribution is 2.29. The third-order valence-corrected chi connectivity index (χ3v) is 3.38. The average molecular weight is 346 g/mol. The Balaban J connectivity index is 1.99. The van der Waals surface area contributed by atoms with E-state index in [2.05, 4.69) is 20.6 Å². The van der Waals surface area contributed by atoms with Gasteiger partial charge in [0.1, 0.15) is 11.5 Å². The first-order chi connectivity index (χ1) is 12.2. The molecule has 1 aromatic heterocycles. The fourth-order valence-electron chi connectivity index (χ4n) is 2.05. The van der Waals surface area contributed by atoms with Crippen LogP contribution in [0.3, 0.4) is 0 Å². The van der Waals surface area contributed by atoms with Crippen LogP contribution in [0.25, 0.3) is 0 Å². The van der Waals surface area contributed by atoms with Crippen LogP contribution in [-0.2, 0) is 4.74 Å². The number of nitrogens with one attached hydrogen (secondary N) is 2. The summed E-state index contributed by atoms with van der Waals surface area (Å²) in [4.78, 5) is 20.6. The fraction of sp³-hybridized carbons (Fsp3) is 0.353. The molecule has 2 rings (SSSR count). The molecule has 0 fully saturated rings. The number of aromatic nitrogens is 2. The molecule has 0 bridgehead atoms. The van der Waals surface area contributed by atoms with Crippen LogP contribution in [0.5, 0.6) is 11.5 Å². The number of carbonyl (C=O) groups is 1. The number of hydrogen-bond donors (Lipinski definition) is 2. The molecular formula is C17H22N4O4. The normalized spacial score (nSPS) is 10.2. The first kappa shape index (κ1) is 18.5. The topological polar surface area (TPSA) is 94.6 Å². The summed E-state index contributed by atoms with van der Waals surface area (Å²) in [6.45, 7) is 1.36. The minimum Gasteiger partial charge on any atom is -0.497 e. The van der Waals surface area contributed by atoms with Crippen LogP contribution in [0.2, 0.25) is 0 Å². The van der Waals surface area contributed by atoms with Gasteiger partial charge < -0.3 is 24.8 Å². The van der Waals surface area contributed by atoms with Crippen molar-refractivity contribution < 1.29 is 19.0 Å². The van der Waals surface area contributed by atoms with Crippen LogP contribution in [0, 0.1) is 0 Å². The summed E-state index contributed by atoms with van der Waals surface area (Å²) in [5, 5.41) is 5.83. The van der Waals surface area contributed by atoms with E-state index in [1.54, 1.807) is 32.4 Å². The Labute approximate surface area is 146 Å². The highest BCUT2D eigenvalue weighted by molar-refractivity contribution is 6.04. The monoisotopic (exact) mass is 346 g/mol. The van der Waals surface area contributed by atoms with Crippen molar-refractivity contribution in [1.29, 1.82) is 0 Å². The van der Waals surface area contributed by atoms with E-state index >= 15 is 0 Å². The second-order valence-corrected chi connectivity index (χ2v) is 5.09. The Bertz CT molecular complexity index is 692. The van der Waals surface area contributed by atoms with Crippen molar-refractivity contribution in [3.63, 3.8) is 0 Å². The van der Waals surface area contributed by atoms with Crippen molar-refractivity contribution in [1.82, 2.24) is 9.97 Å². The quantitative estimate of drug-likeness (QED) is 0.672. The first-order valence-corrected chi connectivity index (χ1v) is 7.76. The van der Waals surface area contributed by atoms with Crippen molar-refractivity contribution in [3.8, 4) is 11.5 Å². The van der Waals surface area contributed by atoms with Crippen LogP contribution in [0.1, 0.15) is 16.8 Å². The minimum absolute atomic E-state index is 0.325. The lowest BCUT2D eigenvalue weighted by Crippen LogP contribution is -2.14. The third kappa shape index (κ3) is 5.32. The highest BCUT2D eigenvalue weighted by Gasteiger charge is 2.12. The predicted molar refractivity (Wildman–Crippen MR) is 94.5 cm³/mol. The molecule has 0 radical (unpaired) electrons. The molecule has 0 saturated heterocycles. The first-order valence-electron chi connectivity index (χ1n) is 7.76. The average Bonchev–Trinajstić information content (AvgIpc) is 2.66. The Morgan fingerprint density at radius 3 is 2.52 bits per heavy atom. The largest absolute Gasteiger partial charge is 0.497 e. The number of ether oxygens (including phenoxy) is 3. The summed E-state index contributed by atoms with van der Waals surface area (Å²) in [5.41, 5.74) is 0.885. The Morgan fingerprint density at radius 2 is 1.88 bits per heavy atom. The molecule has 0 saturated carbocycles. The Kier molecular flexibility index (Phi) is 6.97. The van der Waals surface area contributed by atoms with Gasteiger partial charge in [0.05, 0.1) is 25.5 Å². The molecule has 0 aliphatic carbocycles. The number of benzene rings is 1. The zero-order valence-corrected chi connectivity index (χ0v) is 14.5. The Hall–Kier alpha value is -2.87. The molecule has 8 heteroatoms. The molecule has 1 amide bonds. The second kappa shape index (κ2) is 9.43. The lowest BCUT2D eigenvalue weighted by Gasteiger charge is -2.11. The molecule has 0 spiro atoms. The molecule has 0 aliphatic rings. The van der Waals surface area contributed by atoms with Gasteiger partial charge in [0.25, 0.3) is 5.91 Å². The molecule has 134 valence electrons. The van der Waals surface area contributed by atoms with Gasteiger partial charge >= 0.3 is 0 Å². The molecule has 25 heavy (non-hydrogen) atoms. The summed E-state index contributed by atoms with van der Waals surface area (Å²) in [6.07, 6.45) is 3.79. The van der Waals surface area contributed by atoms with E-state index in [0.29, 0.717) is 41.8 Å². The number of methoxy groups -OCH3 is 3. The van der Waals surface area contributed by atoms with E-state index in [0.717, 1.165) is 6.42 Å². The van der Waals surface area contributed by atoms with Gasteiger partial charge in [-0.15, -0.1) is 0 Å². The summed E-state index contributed by atoms with van der Waals surface area (Å²) in [5.74, 6) is 1.29. The number of carbonyl (C=O) groups excluding carboxylic acids is 1. The number of amides is 1. The van der Waals surface area contributed by atoms with Crippen molar-refractivity contribution >= 4 is 17.5 Å². The lowest BCUT2D eigenvalue weighted by molar-refractivity contribution is 0.102. The minimum atomic E-state index is -0.325. The second-order valence-electron chi connectivity index (χ2n) is 5.09. The van der Waals surface area contributed by atoms with Crippen molar-refractivity contribution in [2.45, 2.75) is 6.42 Å². The fourth-order valence-corrected chi connectivity index (χ4v) is 2.05. The summed E-state index contributed by atoms with van der Waals surface area (Å²) >= 11 is 0. The zero-order chi connectivity index (χ0) is 18.1.